The minimum absolute atomic E-state index is 0.0101. The highest BCUT2D eigenvalue weighted by Gasteiger charge is 2.80. The Kier molecular flexibility index (Phi) is 4.67. The second-order valence-electron chi connectivity index (χ2n) is 6.16. The number of halogens is 5. The van der Waals surface area contributed by atoms with Gasteiger partial charge in [-0.2, -0.15) is 22.0 Å². The molecule has 5 unspecified atom stereocenters. The van der Waals surface area contributed by atoms with Gasteiger partial charge in [0.25, 0.3) is 0 Å². The van der Waals surface area contributed by atoms with Gasteiger partial charge in [0.2, 0.25) is 0 Å². The Morgan fingerprint density at radius 3 is 2.52 bits per heavy atom. The molecule has 1 heterocycles. The monoisotopic (exact) mass is 346 g/mol. The van der Waals surface area contributed by atoms with Crippen molar-refractivity contribution in [2.75, 3.05) is 0 Å². The van der Waals surface area contributed by atoms with E-state index in [1.165, 1.54) is 6.92 Å². The SMILES string of the molecule is CCC(C)C(=O)OC1CCCC2OC(O)(C(F)(F)F)C(F)(F)C12. The summed E-state index contributed by atoms with van der Waals surface area (Å²) in [4.78, 5) is 11.8. The molecule has 1 saturated heterocycles. The summed E-state index contributed by atoms with van der Waals surface area (Å²) < 4.78 is 76.7. The molecule has 0 amide bonds. The van der Waals surface area contributed by atoms with Gasteiger partial charge >= 0.3 is 23.9 Å². The Balaban J connectivity index is 2.28. The molecular formula is C14H19F5O4. The molecule has 23 heavy (non-hydrogen) atoms. The van der Waals surface area contributed by atoms with Gasteiger partial charge in [0, 0.05) is 0 Å². The van der Waals surface area contributed by atoms with Crippen LogP contribution in [0.1, 0.15) is 39.5 Å². The zero-order chi connectivity index (χ0) is 17.6. The second-order valence-corrected chi connectivity index (χ2v) is 6.16. The highest BCUT2D eigenvalue weighted by molar-refractivity contribution is 5.72. The van der Waals surface area contributed by atoms with Crippen molar-refractivity contribution in [2.45, 2.75) is 69.6 Å². The lowest BCUT2D eigenvalue weighted by molar-refractivity contribution is -0.408. The van der Waals surface area contributed by atoms with E-state index in [-0.39, 0.29) is 19.3 Å². The maximum atomic E-state index is 14.3. The Morgan fingerprint density at radius 1 is 1.39 bits per heavy atom. The standard InChI is InChI=1S/C14H19F5O4/c1-3-7(2)11(20)22-8-5-4-6-9-10(8)12(15,16)13(21,23-9)14(17,18)19/h7-10,21H,3-6H2,1-2H3. The van der Waals surface area contributed by atoms with Crippen molar-refractivity contribution >= 4 is 5.97 Å². The number of alkyl halides is 5. The number of hydrogen-bond acceptors (Lipinski definition) is 4. The van der Waals surface area contributed by atoms with Crippen LogP contribution in [0.5, 0.6) is 0 Å². The first-order valence-electron chi connectivity index (χ1n) is 7.51. The molecule has 0 aromatic heterocycles. The van der Waals surface area contributed by atoms with Crippen molar-refractivity contribution in [3.8, 4) is 0 Å². The lowest BCUT2D eigenvalue weighted by Gasteiger charge is -2.36. The van der Waals surface area contributed by atoms with Gasteiger partial charge in [0.15, 0.2) is 0 Å². The lowest BCUT2D eigenvalue weighted by Crippen LogP contribution is -2.59. The molecule has 0 aromatic carbocycles. The summed E-state index contributed by atoms with van der Waals surface area (Å²) in [6.45, 7) is 3.24. The van der Waals surface area contributed by atoms with E-state index in [4.69, 9.17) is 4.74 Å². The summed E-state index contributed by atoms with van der Waals surface area (Å²) in [7, 11) is 0. The zero-order valence-electron chi connectivity index (χ0n) is 12.7. The fraction of sp³-hybridized carbons (Fsp3) is 0.929. The molecule has 4 nitrogen and oxygen atoms in total. The minimum Gasteiger partial charge on any atom is -0.462 e. The quantitative estimate of drug-likeness (QED) is 0.630. The fourth-order valence-corrected chi connectivity index (χ4v) is 3.06. The first-order chi connectivity index (χ1) is 10.5. The summed E-state index contributed by atoms with van der Waals surface area (Å²) in [6.07, 6.45) is -7.95. The average Bonchev–Trinajstić information content (AvgIpc) is 2.66. The van der Waals surface area contributed by atoms with Gasteiger partial charge in [-0.15, -0.1) is 0 Å². The van der Waals surface area contributed by atoms with Gasteiger partial charge in [-0.1, -0.05) is 13.8 Å². The maximum Gasteiger partial charge on any atom is 0.449 e. The Morgan fingerprint density at radius 2 is 2.00 bits per heavy atom. The fourth-order valence-electron chi connectivity index (χ4n) is 3.06. The van der Waals surface area contributed by atoms with Crippen LogP contribution in [0.3, 0.4) is 0 Å². The van der Waals surface area contributed by atoms with Gasteiger partial charge in [-0.3, -0.25) is 4.79 Å². The number of fused-ring (bicyclic) bond motifs is 1. The van der Waals surface area contributed by atoms with E-state index < -0.39 is 47.9 Å². The minimum atomic E-state index is -5.65. The first-order valence-corrected chi connectivity index (χ1v) is 7.51. The third kappa shape index (κ3) is 2.82. The summed E-state index contributed by atoms with van der Waals surface area (Å²) in [5.74, 6) is -12.5. The van der Waals surface area contributed by atoms with E-state index in [0.29, 0.717) is 6.42 Å². The lowest BCUT2D eigenvalue weighted by atomic mass is 9.79. The maximum absolute atomic E-state index is 14.3. The molecule has 9 heteroatoms. The van der Waals surface area contributed by atoms with Gasteiger partial charge in [0.05, 0.1) is 17.9 Å². The molecule has 2 rings (SSSR count). The number of carbonyl (C=O) groups is 1. The van der Waals surface area contributed by atoms with Crippen molar-refractivity contribution in [3.63, 3.8) is 0 Å². The molecule has 1 N–H and O–H groups in total. The predicted octanol–water partition coefficient (Wildman–Crippen LogP) is 3.03. The van der Waals surface area contributed by atoms with Crippen LogP contribution in [0.25, 0.3) is 0 Å². The van der Waals surface area contributed by atoms with Crippen molar-refractivity contribution < 1.29 is 41.3 Å². The van der Waals surface area contributed by atoms with E-state index in [1.807, 2.05) is 0 Å². The molecule has 0 bridgehead atoms. The Hall–Kier alpha value is -0.960. The van der Waals surface area contributed by atoms with Gasteiger partial charge < -0.3 is 14.6 Å². The molecule has 134 valence electrons. The largest absolute Gasteiger partial charge is 0.462 e. The molecule has 0 radical (unpaired) electrons. The summed E-state index contributed by atoms with van der Waals surface area (Å²) >= 11 is 0. The van der Waals surface area contributed by atoms with E-state index >= 15 is 0 Å². The summed E-state index contributed by atoms with van der Waals surface area (Å²) in [5, 5.41) is 9.46. The summed E-state index contributed by atoms with van der Waals surface area (Å²) in [5.41, 5.74) is 0. The van der Waals surface area contributed by atoms with Crippen molar-refractivity contribution in [1.29, 1.82) is 0 Å². The first kappa shape index (κ1) is 18.4. The molecule has 1 saturated carbocycles. The highest BCUT2D eigenvalue weighted by atomic mass is 19.4. The number of aliphatic hydroxyl groups is 1. The highest BCUT2D eigenvalue weighted by Crippen LogP contribution is 2.57. The van der Waals surface area contributed by atoms with Crippen LogP contribution in [-0.2, 0) is 14.3 Å². The van der Waals surface area contributed by atoms with Gasteiger partial charge in [-0.05, 0) is 25.7 Å². The molecule has 2 aliphatic rings. The molecule has 1 aliphatic carbocycles. The predicted molar refractivity (Wildman–Crippen MR) is 67.5 cm³/mol. The van der Waals surface area contributed by atoms with E-state index in [1.54, 1.807) is 6.92 Å². The number of hydrogen-bond donors (Lipinski definition) is 1. The van der Waals surface area contributed by atoms with Crippen LogP contribution in [0, 0.1) is 11.8 Å². The second kappa shape index (κ2) is 5.84. The molecular weight excluding hydrogens is 327 g/mol. The van der Waals surface area contributed by atoms with Crippen LogP contribution in [-0.4, -0.2) is 41.2 Å². The van der Waals surface area contributed by atoms with Crippen molar-refractivity contribution in [2.24, 2.45) is 11.8 Å². The third-order valence-electron chi connectivity index (χ3n) is 4.64. The van der Waals surface area contributed by atoms with Crippen molar-refractivity contribution in [3.05, 3.63) is 0 Å². The number of esters is 1. The summed E-state index contributed by atoms with van der Waals surface area (Å²) in [6, 6.07) is 0. The Bertz CT molecular complexity index is 467. The molecule has 0 aromatic rings. The molecule has 0 spiro atoms. The number of rotatable bonds is 3. The number of ether oxygens (including phenoxy) is 2. The van der Waals surface area contributed by atoms with Crippen LogP contribution in [0.4, 0.5) is 22.0 Å². The normalized spacial score (nSPS) is 38.0. The topological polar surface area (TPSA) is 55.8 Å². The molecule has 1 aliphatic heterocycles. The van der Waals surface area contributed by atoms with E-state index in [0.717, 1.165) is 0 Å². The third-order valence-corrected chi connectivity index (χ3v) is 4.64. The molecule has 5 atom stereocenters. The van der Waals surface area contributed by atoms with Gasteiger partial charge in [0.1, 0.15) is 6.10 Å². The van der Waals surface area contributed by atoms with Gasteiger partial charge in [-0.25, -0.2) is 0 Å². The average molecular weight is 346 g/mol. The van der Waals surface area contributed by atoms with E-state index in [2.05, 4.69) is 4.74 Å². The smallest absolute Gasteiger partial charge is 0.449 e. The van der Waals surface area contributed by atoms with Crippen LogP contribution in [0.2, 0.25) is 0 Å². The zero-order valence-corrected chi connectivity index (χ0v) is 12.7. The van der Waals surface area contributed by atoms with Crippen molar-refractivity contribution in [1.82, 2.24) is 0 Å². The van der Waals surface area contributed by atoms with Crippen LogP contribution in [0.15, 0.2) is 0 Å². The number of carbonyl (C=O) groups excluding carboxylic acids is 1. The van der Waals surface area contributed by atoms with Crippen LogP contribution >= 0.6 is 0 Å². The molecule has 2 fully saturated rings. The van der Waals surface area contributed by atoms with E-state index in [9.17, 15) is 31.9 Å². The van der Waals surface area contributed by atoms with Crippen LogP contribution < -0.4 is 0 Å². The Labute approximate surface area is 129 Å².